The Morgan fingerprint density at radius 1 is 1.24 bits per heavy atom. The molecule has 1 aromatic carbocycles. The maximum absolute atomic E-state index is 12.5. The standard InChI is InChI=1S/C21H27N5O3/c1-2-22-20(27)26-16-8-9-17(26)13-21(12-16)14-25(10-11-28-21)19-23-18(29-24-19)15-6-4-3-5-7-15/h3-7,16-17H,2,8-14H2,1H3,(H,22,27)/t16-,17+,21?. The van der Waals surface area contributed by atoms with Crippen molar-refractivity contribution >= 4 is 12.0 Å². The van der Waals surface area contributed by atoms with Crippen molar-refractivity contribution in [3.63, 3.8) is 0 Å². The highest BCUT2D eigenvalue weighted by molar-refractivity contribution is 5.75. The number of piperidine rings is 1. The van der Waals surface area contributed by atoms with E-state index in [0.29, 0.717) is 25.0 Å². The highest BCUT2D eigenvalue weighted by Gasteiger charge is 2.52. The largest absolute Gasteiger partial charge is 0.371 e. The fourth-order valence-electron chi connectivity index (χ4n) is 5.18. The number of fused-ring (bicyclic) bond motifs is 2. The number of anilines is 1. The van der Waals surface area contributed by atoms with Crippen LogP contribution in [-0.4, -0.2) is 65.0 Å². The van der Waals surface area contributed by atoms with E-state index in [1.807, 2.05) is 37.3 Å². The third-order valence-corrected chi connectivity index (χ3v) is 6.37. The molecule has 1 spiro atoms. The number of morpholine rings is 1. The van der Waals surface area contributed by atoms with Crippen LogP contribution in [0.3, 0.4) is 0 Å². The number of nitrogens with zero attached hydrogens (tertiary/aromatic N) is 4. The Hall–Kier alpha value is -2.61. The number of benzene rings is 1. The SMILES string of the molecule is CCNC(=O)N1[C@@H]2CC[C@H]1CC1(C2)CN(c2noc(-c3ccccc3)n2)CCO1. The molecule has 1 unspecified atom stereocenters. The normalized spacial score (nSPS) is 28.7. The molecule has 1 aromatic heterocycles. The van der Waals surface area contributed by atoms with E-state index in [4.69, 9.17) is 9.26 Å². The van der Waals surface area contributed by atoms with Crippen LogP contribution in [0, 0.1) is 0 Å². The highest BCUT2D eigenvalue weighted by Crippen LogP contribution is 2.44. The average molecular weight is 397 g/mol. The molecule has 3 atom stereocenters. The lowest BCUT2D eigenvalue weighted by Crippen LogP contribution is -2.62. The lowest BCUT2D eigenvalue weighted by atomic mass is 9.84. The van der Waals surface area contributed by atoms with Crippen molar-refractivity contribution in [1.82, 2.24) is 20.4 Å². The summed E-state index contributed by atoms with van der Waals surface area (Å²) < 4.78 is 11.8. The van der Waals surface area contributed by atoms with Crippen molar-refractivity contribution < 1.29 is 14.1 Å². The molecule has 4 heterocycles. The van der Waals surface area contributed by atoms with E-state index in [1.54, 1.807) is 0 Å². The predicted octanol–water partition coefficient (Wildman–Crippen LogP) is 2.67. The Morgan fingerprint density at radius 3 is 2.72 bits per heavy atom. The molecule has 154 valence electrons. The van der Waals surface area contributed by atoms with Gasteiger partial charge in [-0.05, 0) is 49.9 Å². The second-order valence-electron chi connectivity index (χ2n) is 8.25. The molecule has 3 aliphatic heterocycles. The van der Waals surface area contributed by atoms with Crippen molar-refractivity contribution in [3.8, 4) is 11.5 Å². The van der Waals surface area contributed by atoms with Crippen LogP contribution in [0.4, 0.5) is 10.7 Å². The van der Waals surface area contributed by atoms with Gasteiger partial charge in [-0.2, -0.15) is 4.98 Å². The summed E-state index contributed by atoms with van der Waals surface area (Å²) in [6.45, 7) is 4.73. The number of carbonyl (C=O) groups is 1. The third kappa shape index (κ3) is 3.35. The Kier molecular flexibility index (Phi) is 4.66. The lowest BCUT2D eigenvalue weighted by molar-refractivity contribution is -0.102. The molecular formula is C21H27N5O3. The number of nitrogens with one attached hydrogen (secondary N) is 1. The molecule has 3 aliphatic rings. The minimum absolute atomic E-state index is 0.0631. The number of hydrogen-bond acceptors (Lipinski definition) is 6. The van der Waals surface area contributed by atoms with Gasteiger partial charge in [0.2, 0.25) is 0 Å². The summed E-state index contributed by atoms with van der Waals surface area (Å²) in [6.07, 6.45) is 3.82. The summed E-state index contributed by atoms with van der Waals surface area (Å²) >= 11 is 0. The first-order valence-corrected chi connectivity index (χ1v) is 10.5. The summed E-state index contributed by atoms with van der Waals surface area (Å²) in [6, 6.07) is 10.4. The first kappa shape index (κ1) is 18.4. The van der Waals surface area contributed by atoms with Crippen molar-refractivity contribution in [2.24, 2.45) is 0 Å². The number of hydrogen-bond donors (Lipinski definition) is 1. The number of aromatic nitrogens is 2. The van der Waals surface area contributed by atoms with Crippen molar-refractivity contribution in [2.75, 3.05) is 31.1 Å². The second kappa shape index (κ2) is 7.33. The predicted molar refractivity (Wildman–Crippen MR) is 108 cm³/mol. The van der Waals surface area contributed by atoms with Gasteiger partial charge in [0.05, 0.1) is 18.8 Å². The van der Waals surface area contributed by atoms with Crippen LogP contribution in [0.2, 0.25) is 0 Å². The summed E-state index contributed by atoms with van der Waals surface area (Å²) in [7, 11) is 0. The Bertz CT molecular complexity index is 856. The molecule has 2 bridgehead atoms. The van der Waals surface area contributed by atoms with Gasteiger partial charge in [0, 0.05) is 30.7 Å². The Labute approximate surface area is 170 Å². The van der Waals surface area contributed by atoms with E-state index < -0.39 is 0 Å². The van der Waals surface area contributed by atoms with Gasteiger partial charge in [-0.3, -0.25) is 0 Å². The van der Waals surface area contributed by atoms with Gasteiger partial charge in [0.25, 0.3) is 11.8 Å². The fraction of sp³-hybridized carbons (Fsp3) is 0.571. The number of carbonyl (C=O) groups excluding carboxylic acids is 1. The van der Waals surface area contributed by atoms with Gasteiger partial charge in [-0.1, -0.05) is 18.2 Å². The molecular weight excluding hydrogens is 370 g/mol. The van der Waals surface area contributed by atoms with Gasteiger partial charge in [0.1, 0.15) is 0 Å². The van der Waals surface area contributed by atoms with Gasteiger partial charge in [0.15, 0.2) is 0 Å². The van der Waals surface area contributed by atoms with Crippen LogP contribution in [0.25, 0.3) is 11.5 Å². The van der Waals surface area contributed by atoms with E-state index in [9.17, 15) is 4.79 Å². The van der Waals surface area contributed by atoms with Crippen LogP contribution in [0.1, 0.15) is 32.6 Å². The number of urea groups is 1. The van der Waals surface area contributed by atoms with Crippen LogP contribution >= 0.6 is 0 Å². The first-order valence-electron chi connectivity index (χ1n) is 10.5. The molecule has 0 radical (unpaired) electrons. The number of ether oxygens (including phenoxy) is 1. The van der Waals surface area contributed by atoms with Crippen molar-refractivity contribution in [1.29, 1.82) is 0 Å². The Balaban J connectivity index is 1.32. The van der Waals surface area contributed by atoms with Gasteiger partial charge >= 0.3 is 6.03 Å². The van der Waals surface area contributed by atoms with Crippen LogP contribution in [0.5, 0.6) is 0 Å². The van der Waals surface area contributed by atoms with Crippen LogP contribution < -0.4 is 10.2 Å². The molecule has 8 nitrogen and oxygen atoms in total. The van der Waals surface area contributed by atoms with Crippen molar-refractivity contribution in [3.05, 3.63) is 30.3 Å². The number of amides is 2. The zero-order valence-electron chi connectivity index (χ0n) is 16.7. The van der Waals surface area contributed by atoms with Gasteiger partial charge < -0.3 is 24.4 Å². The maximum atomic E-state index is 12.5. The monoisotopic (exact) mass is 397 g/mol. The molecule has 1 N–H and O–H groups in total. The summed E-state index contributed by atoms with van der Waals surface area (Å²) in [5.74, 6) is 1.15. The summed E-state index contributed by atoms with van der Waals surface area (Å²) in [5.41, 5.74) is 0.670. The average Bonchev–Trinajstić information content (AvgIpc) is 3.33. The maximum Gasteiger partial charge on any atom is 0.317 e. The zero-order valence-corrected chi connectivity index (χ0v) is 16.7. The van der Waals surface area contributed by atoms with E-state index in [-0.39, 0.29) is 23.7 Å². The first-order chi connectivity index (χ1) is 14.2. The molecule has 5 rings (SSSR count). The van der Waals surface area contributed by atoms with Crippen molar-refractivity contribution in [2.45, 2.75) is 50.3 Å². The third-order valence-electron chi connectivity index (χ3n) is 6.37. The Morgan fingerprint density at radius 2 is 2.00 bits per heavy atom. The lowest BCUT2D eigenvalue weighted by Gasteiger charge is -2.50. The number of rotatable bonds is 3. The highest BCUT2D eigenvalue weighted by atomic mass is 16.5. The molecule has 3 saturated heterocycles. The summed E-state index contributed by atoms with van der Waals surface area (Å²) in [4.78, 5) is 21.3. The van der Waals surface area contributed by atoms with Gasteiger partial charge in [-0.25, -0.2) is 4.79 Å². The van der Waals surface area contributed by atoms with E-state index in [1.165, 1.54) is 0 Å². The molecule has 29 heavy (non-hydrogen) atoms. The minimum atomic E-state index is -0.249. The van der Waals surface area contributed by atoms with Crippen LogP contribution in [0.15, 0.2) is 34.9 Å². The van der Waals surface area contributed by atoms with Crippen LogP contribution in [-0.2, 0) is 4.74 Å². The molecule has 8 heteroatoms. The minimum Gasteiger partial charge on any atom is -0.371 e. The van der Waals surface area contributed by atoms with Gasteiger partial charge in [-0.15, -0.1) is 0 Å². The topological polar surface area (TPSA) is 83.7 Å². The van der Waals surface area contributed by atoms with E-state index in [2.05, 4.69) is 25.3 Å². The quantitative estimate of drug-likeness (QED) is 0.857. The smallest absolute Gasteiger partial charge is 0.317 e. The second-order valence-corrected chi connectivity index (χ2v) is 8.25. The fourth-order valence-corrected chi connectivity index (χ4v) is 5.18. The van der Waals surface area contributed by atoms with E-state index in [0.717, 1.165) is 44.3 Å². The molecule has 3 fully saturated rings. The molecule has 0 aliphatic carbocycles. The van der Waals surface area contributed by atoms with E-state index >= 15 is 0 Å². The molecule has 2 amide bonds. The zero-order chi connectivity index (χ0) is 19.8. The molecule has 2 aromatic rings. The summed E-state index contributed by atoms with van der Waals surface area (Å²) in [5, 5.41) is 7.19. The molecule has 0 saturated carbocycles.